The van der Waals surface area contributed by atoms with E-state index in [4.69, 9.17) is 5.73 Å². The molecule has 2 aromatic rings. The second-order valence-corrected chi connectivity index (χ2v) is 6.49. The molecule has 1 aromatic carbocycles. The van der Waals surface area contributed by atoms with Crippen molar-refractivity contribution in [2.75, 3.05) is 24.5 Å². The second-order valence-electron chi connectivity index (χ2n) is 5.58. The number of nitro groups is 1. The SMILES string of the molecule is NCC1CCN(c2c([N+](=O)[O-])cnc3ccc(Br)cc23)CC1. The number of hydrogen-bond donors (Lipinski definition) is 1. The van der Waals surface area contributed by atoms with Crippen LogP contribution in [0, 0.1) is 16.0 Å². The Morgan fingerprint density at radius 3 is 2.77 bits per heavy atom. The fourth-order valence-electron chi connectivity index (χ4n) is 3.00. The van der Waals surface area contributed by atoms with Crippen LogP contribution in [0.25, 0.3) is 10.9 Å². The van der Waals surface area contributed by atoms with E-state index in [-0.39, 0.29) is 10.6 Å². The average molecular weight is 365 g/mol. The van der Waals surface area contributed by atoms with Crippen molar-refractivity contribution in [3.63, 3.8) is 0 Å². The molecule has 6 nitrogen and oxygen atoms in total. The lowest BCUT2D eigenvalue weighted by Gasteiger charge is -2.33. The van der Waals surface area contributed by atoms with E-state index in [1.807, 2.05) is 18.2 Å². The zero-order valence-corrected chi connectivity index (χ0v) is 13.6. The highest BCUT2D eigenvalue weighted by Gasteiger charge is 2.27. The van der Waals surface area contributed by atoms with Gasteiger partial charge in [-0.3, -0.25) is 10.1 Å². The molecule has 1 aliphatic heterocycles. The number of aromatic nitrogens is 1. The van der Waals surface area contributed by atoms with E-state index in [9.17, 15) is 10.1 Å². The average Bonchev–Trinajstić information content (AvgIpc) is 2.53. The molecule has 2 heterocycles. The Kier molecular flexibility index (Phi) is 4.26. The van der Waals surface area contributed by atoms with E-state index >= 15 is 0 Å². The van der Waals surface area contributed by atoms with Gasteiger partial charge in [-0.2, -0.15) is 0 Å². The first kappa shape index (κ1) is 15.2. The van der Waals surface area contributed by atoms with Gasteiger partial charge in [-0.15, -0.1) is 0 Å². The monoisotopic (exact) mass is 364 g/mol. The van der Waals surface area contributed by atoms with Gasteiger partial charge in [0.2, 0.25) is 0 Å². The molecular weight excluding hydrogens is 348 g/mol. The minimum Gasteiger partial charge on any atom is -0.365 e. The Balaban J connectivity index is 2.10. The summed E-state index contributed by atoms with van der Waals surface area (Å²) < 4.78 is 0.889. The summed E-state index contributed by atoms with van der Waals surface area (Å²) in [6.45, 7) is 2.25. The van der Waals surface area contributed by atoms with Crippen LogP contribution in [0.5, 0.6) is 0 Å². The number of fused-ring (bicyclic) bond motifs is 1. The Morgan fingerprint density at radius 1 is 1.41 bits per heavy atom. The Hall–Kier alpha value is -1.73. The molecule has 1 aliphatic rings. The quantitative estimate of drug-likeness (QED) is 0.667. The van der Waals surface area contributed by atoms with Crippen molar-refractivity contribution < 1.29 is 4.92 Å². The van der Waals surface area contributed by atoms with Crippen LogP contribution in [-0.2, 0) is 0 Å². The lowest BCUT2D eigenvalue weighted by molar-refractivity contribution is -0.384. The van der Waals surface area contributed by atoms with Crippen LogP contribution in [0.2, 0.25) is 0 Å². The second kappa shape index (κ2) is 6.18. The zero-order chi connectivity index (χ0) is 15.7. The van der Waals surface area contributed by atoms with Gasteiger partial charge in [-0.25, -0.2) is 4.98 Å². The van der Waals surface area contributed by atoms with Gasteiger partial charge in [-0.05, 0) is 43.5 Å². The van der Waals surface area contributed by atoms with Crippen LogP contribution >= 0.6 is 15.9 Å². The van der Waals surface area contributed by atoms with Gasteiger partial charge in [-0.1, -0.05) is 15.9 Å². The molecule has 116 valence electrons. The Morgan fingerprint density at radius 2 is 2.14 bits per heavy atom. The number of pyridine rings is 1. The van der Waals surface area contributed by atoms with Crippen molar-refractivity contribution in [1.29, 1.82) is 0 Å². The minimum atomic E-state index is -0.350. The summed E-state index contributed by atoms with van der Waals surface area (Å²) in [5, 5.41) is 12.2. The van der Waals surface area contributed by atoms with Gasteiger partial charge in [0.15, 0.2) is 0 Å². The van der Waals surface area contributed by atoms with Crippen LogP contribution in [-0.4, -0.2) is 29.5 Å². The number of piperidine rings is 1. The fraction of sp³-hybridized carbons (Fsp3) is 0.400. The smallest absolute Gasteiger partial charge is 0.311 e. The summed E-state index contributed by atoms with van der Waals surface area (Å²) in [6.07, 6.45) is 3.29. The molecule has 2 N–H and O–H groups in total. The highest BCUT2D eigenvalue weighted by atomic mass is 79.9. The van der Waals surface area contributed by atoms with Crippen LogP contribution < -0.4 is 10.6 Å². The van der Waals surface area contributed by atoms with Gasteiger partial charge in [0.1, 0.15) is 11.9 Å². The van der Waals surface area contributed by atoms with E-state index < -0.39 is 0 Å². The third-order valence-corrected chi connectivity index (χ3v) is 4.74. The molecule has 0 radical (unpaired) electrons. The summed E-state index contributed by atoms with van der Waals surface area (Å²) in [5.41, 5.74) is 7.24. The predicted molar refractivity (Wildman–Crippen MR) is 90.1 cm³/mol. The first-order chi connectivity index (χ1) is 10.6. The van der Waals surface area contributed by atoms with E-state index in [0.29, 0.717) is 18.2 Å². The normalized spacial score (nSPS) is 16.2. The molecule has 22 heavy (non-hydrogen) atoms. The predicted octanol–water partition coefficient (Wildman–Crippen LogP) is 3.08. The van der Waals surface area contributed by atoms with E-state index in [1.165, 1.54) is 6.20 Å². The summed E-state index contributed by atoms with van der Waals surface area (Å²) in [6, 6.07) is 5.67. The molecule has 0 saturated carbocycles. The molecule has 7 heteroatoms. The topological polar surface area (TPSA) is 85.3 Å². The van der Waals surface area contributed by atoms with Gasteiger partial charge >= 0.3 is 5.69 Å². The zero-order valence-electron chi connectivity index (χ0n) is 12.0. The summed E-state index contributed by atoms with van der Waals surface area (Å²) in [7, 11) is 0. The molecule has 1 aromatic heterocycles. The Labute approximate surface area is 136 Å². The first-order valence-corrected chi connectivity index (χ1v) is 8.07. The molecule has 0 atom stereocenters. The molecule has 1 fully saturated rings. The number of nitrogens with zero attached hydrogens (tertiary/aromatic N) is 3. The van der Waals surface area contributed by atoms with Crippen molar-refractivity contribution in [3.8, 4) is 0 Å². The lowest BCUT2D eigenvalue weighted by Crippen LogP contribution is -2.36. The standard InChI is InChI=1S/C15H17BrN4O2/c16-11-1-2-13-12(7-11)15(14(9-18-13)20(21)22)19-5-3-10(8-17)4-6-19/h1-2,7,9-10H,3-6,8,17H2. The number of halogens is 1. The van der Waals surface area contributed by atoms with Crippen molar-refractivity contribution in [2.24, 2.45) is 11.7 Å². The molecule has 0 spiro atoms. The van der Waals surface area contributed by atoms with Crippen LogP contribution in [0.3, 0.4) is 0 Å². The third kappa shape index (κ3) is 2.78. The number of benzene rings is 1. The number of anilines is 1. The van der Waals surface area contributed by atoms with Gasteiger partial charge in [0.05, 0.1) is 10.4 Å². The highest BCUT2D eigenvalue weighted by Crippen LogP contribution is 2.37. The van der Waals surface area contributed by atoms with Crippen molar-refractivity contribution in [1.82, 2.24) is 4.98 Å². The van der Waals surface area contributed by atoms with Crippen molar-refractivity contribution in [2.45, 2.75) is 12.8 Å². The highest BCUT2D eigenvalue weighted by molar-refractivity contribution is 9.10. The first-order valence-electron chi connectivity index (χ1n) is 7.28. The maximum atomic E-state index is 11.4. The van der Waals surface area contributed by atoms with Gasteiger partial charge < -0.3 is 10.6 Å². The number of nitrogens with two attached hydrogens (primary N) is 1. The molecule has 3 rings (SSSR count). The maximum Gasteiger partial charge on any atom is 0.311 e. The molecule has 0 aliphatic carbocycles. The third-order valence-electron chi connectivity index (χ3n) is 4.24. The van der Waals surface area contributed by atoms with Crippen LogP contribution in [0.15, 0.2) is 28.9 Å². The molecule has 0 amide bonds. The summed E-state index contributed by atoms with van der Waals surface area (Å²) >= 11 is 3.44. The molecule has 0 unspecified atom stereocenters. The van der Waals surface area contributed by atoms with Crippen LogP contribution in [0.1, 0.15) is 12.8 Å². The van der Waals surface area contributed by atoms with E-state index in [0.717, 1.165) is 41.3 Å². The molecular formula is C15H17BrN4O2. The van der Waals surface area contributed by atoms with Gasteiger partial charge in [0.25, 0.3) is 0 Å². The number of rotatable bonds is 3. The largest absolute Gasteiger partial charge is 0.365 e. The Bertz CT molecular complexity index is 714. The van der Waals surface area contributed by atoms with E-state index in [2.05, 4.69) is 25.8 Å². The van der Waals surface area contributed by atoms with Crippen molar-refractivity contribution in [3.05, 3.63) is 39.0 Å². The summed E-state index contributed by atoms with van der Waals surface area (Å²) in [5.74, 6) is 0.509. The number of hydrogen-bond acceptors (Lipinski definition) is 5. The molecule has 0 bridgehead atoms. The fourth-order valence-corrected chi connectivity index (χ4v) is 3.36. The van der Waals surface area contributed by atoms with Crippen molar-refractivity contribution >= 4 is 38.2 Å². The van der Waals surface area contributed by atoms with Gasteiger partial charge in [0, 0.05) is 22.9 Å². The maximum absolute atomic E-state index is 11.4. The molecule has 1 saturated heterocycles. The minimum absolute atomic E-state index is 0.0665. The summed E-state index contributed by atoms with van der Waals surface area (Å²) in [4.78, 5) is 17.4. The van der Waals surface area contributed by atoms with Crippen LogP contribution in [0.4, 0.5) is 11.4 Å². The lowest BCUT2D eigenvalue weighted by atomic mass is 9.96. The van der Waals surface area contributed by atoms with E-state index in [1.54, 1.807) is 0 Å².